The van der Waals surface area contributed by atoms with Gasteiger partial charge in [0.1, 0.15) is 11.4 Å². The number of aromatic nitrogens is 1. The molecule has 0 radical (unpaired) electrons. The monoisotopic (exact) mass is 288 g/mol. The van der Waals surface area contributed by atoms with Gasteiger partial charge in [-0.3, -0.25) is 0 Å². The van der Waals surface area contributed by atoms with E-state index < -0.39 is 5.97 Å². The Morgan fingerprint density at radius 1 is 1.33 bits per heavy atom. The zero-order valence-corrected chi connectivity index (χ0v) is 12.9. The molecule has 1 aromatic rings. The summed E-state index contributed by atoms with van der Waals surface area (Å²) in [5.74, 6) is 0.527. The summed E-state index contributed by atoms with van der Waals surface area (Å²) < 4.78 is 0. The number of fused-ring (bicyclic) bond motifs is 1. The van der Waals surface area contributed by atoms with E-state index in [9.17, 15) is 9.90 Å². The Labute approximate surface area is 126 Å². The summed E-state index contributed by atoms with van der Waals surface area (Å²) in [6, 6.07) is 2.27. The Morgan fingerprint density at radius 3 is 2.86 bits per heavy atom. The van der Waals surface area contributed by atoms with Crippen LogP contribution in [-0.4, -0.2) is 29.1 Å². The number of nitrogens with zero attached hydrogens (tertiary/aromatic N) is 2. The number of anilines is 1. The molecule has 4 nitrogen and oxygen atoms in total. The fourth-order valence-electron chi connectivity index (χ4n) is 3.81. The number of aryl methyl sites for hydroxylation is 2. The van der Waals surface area contributed by atoms with Crippen molar-refractivity contribution in [2.75, 3.05) is 11.9 Å². The molecule has 21 heavy (non-hydrogen) atoms. The molecule has 1 fully saturated rings. The summed E-state index contributed by atoms with van der Waals surface area (Å²) in [5, 5.41) is 9.53. The third kappa shape index (κ3) is 2.76. The van der Waals surface area contributed by atoms with Crippen molar-refractivity contribution in [1.82, 2.24) is 4.98 Å². The maximum absolute atomic E-state index is 11.6. The van der Waals surface area contributed by atoms with Gasteiger partial charge in [-0.05, 0) is 49.7 Å². The highest BCUT2D eigenvalue weighted by molar-refractivity contribution is 5.93. The summed E-state index contributed by atoms with van der Waals surface area (Å²) in [7, 11) is 2.01. The zero-order chi connectivity index (χ0) is 15.0. The van der Waals surface area contributed by atoms with E-state index in [0.717, 1.165) is 43.4 Å². The highest BCUT2D eigenvalue weighted by atomic mass is 16.4. The number of aromatic carboxylic acids is 1. The Kier molecular flexibility index (Phi) is 3.87. The third-order valence-corrected chi connectivity index (χ3v) is 5.05. The maximum Gasteiger partial charge on any atom is 0.339 e. The summed E-state index contributed by atoms with van der Waals surface area (Å²) in [4.78, 5) is 18.4. The molecule has 0 bridgehead atoms. The van der Waals surface area contributed by atoms with Crippen LogP contribution in [0.4, 0.5) is 5.82 Å². The van der Waals surface area contributed by atoms with E-state index in [1.54, 1.807) is 0 Å². The van der Waals surface area contributed by atoms with Gasteiger partial charge >= 0.3 is 5.97 Å². The van der Waals surface area contributed by atoms with Crippen LogP contribution in [0.3, 0.4) is 0 Å². The highest BCUT2D eigenvalue weighted by Gasteiger charge is 2.28. The predicted octanol–water partition coefficient (Wildman–Crippen LogP) is 3.28. The van der Waals surface area contributed by atoms with Crippen LogP contribution < -0.4 is 4.90 Å². The molecule has 0 amide bonds. The van der Waals surface area contributed by atoms with E-state index >= 15 is 0 Å². The zero-order valence-electron chi connectivity index (χ0n) is 12.9. The molecule has 1 N–H and O–H groups in total. The van der Waals surface area contributed by atoms with Crippen molar-refractivity contribution in [2.24, 2.45) is 5.92 Å². The lowest BCUT2D eigenvalue weighted by atomic mass is 9.86. The van der Waals surface area contributed by atoms with Gasteiger partial charge in [0.05, 0.1) is 0 Å². The van der Waals surface area contributed by atoms with Crippen molar-refractivity contribution in [1.29, 1.82) is 0 Å². The fraction of sp³-hybridized carbons (Fsp3) is 0.647. The first-order valence-electron chi connectivity index (χ1n) is 8.05. The molecule has 2 aliphatic rings. The van der Waals surface area contributed by atoms with Gasteiger partial charge in [0.25, 0.3) is 0 Å². The standard InChI is InChI=1S/C17H24N2O2/c1-11-5-3-7-13(9-11)19(2)16-14(17(20)21)10-12-6-4-8-15(12)18-16/h10-11,13H,3-9H2,1-2H3,(H,20,21). The Bertz CT molecular complexity index is 556. The largest absolute Gasteiger partial charge is 0.478 e. The SMILES string of the molecule is CC1CCCC(N(C)c2nc3c(cc2C(=O)O)CCC3)C1. The van der Waals surface area contributed by atoms with E-state index in [0.29, 0.717) is 23.3 Å². The van der Waals surface area contributed by atoms with E-state index in [-0.39, 0.29) is 0 Å². The second kappa shape index (κ2) is 5.66. The van der Waals surface area contributed by atoms with E-state index in [2.05, 4.69) is 11.8 Å². The minimum absolute atomic E-state index is 0.372. The first-order valence-corrected chi connectivity index (χ1v) is 8.05. The van der Waals surface area contributed by atoms with Gasteiger partial charge in [-0.1, -0.05) is 19.8 Å². The molecule has 2 atom stereocenters. The Balaban J connectivity index is 1.94. The molecule has 2 aliphatic carbocycles. The molecule has 0 spiro atoms. The predicted molar refractivity (Wildman–Crippen MR) is 83.0 cm³/mol. The van der Waals surface area contributed by atoms with E-state index in [1.165, 1.54) is 12.8 Å². The number of hydrogen-bond donors (Lipinski definition) is 1. The number of carbonyl (C=O) groups is 1. The van der Waals surface area contributed by atoms with Gasteiger partial charge in [-0.25, -0.2) is 9.78 Å². The minimum Gasteiger partial charge on any atom is -0.478 e. The van der Waals surface area contributed by atoms with Crippen molar-refractivity contribution >= 4 is 11.8 Å². The van der Waals surface area contributed by atoms with E-state index in [1.807, 2.05) is 13.1 Å². The van der Waals surface area contributed by atoms with Gasteiger partial charge in [0, 0.05) is 18.8 Å². The fourth-order valence-corrected chi connectivity index (χ4v) is 3.81. The van der Waals surface area contributed by atoms with Crippen LogP contribution in [0.15, 0.2) is 6.07 Å². The molecule has 2 unspecified atom stereocenters. The van der Waals surface area contributed by atoms with Gasteiger partial charge in [-0.2, -0.15) is 0 Å². The molecule has 114 valence electrons. The smallest absolute Gasteiger partial charge is 0.339 e. The molecule has 1 saturated carbocycles. The molecular weight excluding hydrogens is 264 g/mol. The van der Waals surface area contributed by atoms with Crippen LogP contribution in [0.2, 0.25) is 0 Å². The first kappa shape index (κ1) is 14.4. The van der Waals surface area contributed by atoms with Crippen molar-refractivity contribution < 1.29 is 9.90 Å². The highest BCUT2D eigenvalue weighted by Crippen LogP contribution is 2.32. The normalized spacial score (nSPS) is 24.7. The second-order valence-corrected chi connectivity index (χ2v) is 6.66. The average Bonchev–Trinajstić information content (AvgIpc) is 2.92. The topological polar surface area (TPSA) is 53.4 Å². The molecule has 0 saturated heterocycles. The van der Waals surface area contributed by atoms with Crippen LogP contribution in [-0.2, 0) is 12.8 Å². The lowest BCUT2D eigenvalue weighted by molar-refractivity contribution is 0.0697. The van der Waals surface area contributed by atoms with Crippen molar-refractivity contribution in [2.45, 2.75) is 57.9 Å². The van der Waals surface area contributed by atoms with Crippen molar-refractivity contribution in [3.8, 4) is 0 Å². The number of rotatable bonds is 3. The summed E-state index contributed by atoms with van der Waals surface area (Å²) in [6.07, 6.45) is 7.82. The molecule has 0 aliphatic heterocycles. The van der Waals surface area contributed by atoms with Crippen molar-refractivity contribution in [3.63, 3.8) is 0 Å². The molecule has 4 heteroatoms. The number of pyridine rings is 1. The van der Waals surface area contributed by atoms with Crippen LogP contribution in [0.25, 0.3) is 0 Å². The van der Waals surface area contributed by atoms with Gasteiger partial charge < -0.3 is 10.0 Å². The molecular formula is C17H24N2O2. The third-order valence-electron chi connectivity index (χ3n) is 5.05. The molecule has 1 aromatic heterocycles. The molecule has 1 heterocycles. The average molecular weight is 288 g/mol. The van der Waals surface area contributed by atoms with Gasteiger partial charge in [0.15, 0.2) is 0 Å². The number of hydrogen-bond acceptors (Lipinski definition) is 3. The van der Waals surface area contributed by atoms with Crippen LogP contribution in [0, 0.1) is 5.92 Å². The number of carboxylic acid groups (broad SMARTS) is 1. The van der Waals surface area contributed by atoms with Crippen LogP contribution in [0.1, 0.15) is 60.6 Å². The first-order chi connectivity index (χ1) is 10.1. The van der Waals surface area contributed by atoms with Crippen molar-refractivity contribution in [3.05, 3.63) is 22.9 Å². The summed E-state index contributed by atoms with van der Waals surface area (Å²) in [5.41, 5.74) is 2.60. The lowest BCUT2D eigenvalue weighted by Gasteiger charge is -2.35. The second-order valence-electron chi connectivity index (χ2n) is 6.66. The van der Waals surface area contributed by atoms with Gasteiger partial charge in [0.2, 0.25) is 0 Å². The van der Waals surface area contributed by atoms with Crippen LogP contribution >= 0.6 is 0 Å². The summed E-state index contributed by atoms with van der Waals surface area (Å²) in [6.45, 7) is 2.29. The lowest BCUT2D eigenvalue weighted by Crippen LogP contribution is -2.37. The Hall–Kier alpha value is -1.58. The van der Waals surface area contributed by atoms with Gasteiger partial charge in [-0.15, -0.1) is 0 Å². The van der Waals surface area contributed by atoms with Crippen LogP contribution in [0.5, 0.6) is 0 Å². The minimum atomic E-state index is -0.858. The molecule has 0 aromatic carbocycles. The molecule has 3 rings (SSSR count). The summed E-state index contributed by atoms with van der Waals surface area (Å²) >= 11 is 0. The number of carboxylic acids is 1. The quantitative estimate of drug-likeness (QED) is 0.927. The Morgan fingerprint density at radius 2 is 2.14 bits per heavy atom. The maximum atomic E-state index is 11.6. The van der Waals surface area contributed by atoms with E-state index in [4.69, 9.17) is 4.98 Å².